The van der Waals surface area contributed by atoms with Crippen molar-refractivity contribution in [3.8, 4) is 5.75 Å². The number of aryl methyl sites for hydroxylation is 1. The van der Waals surface area contributed by atoms with Crippen LogP contribution in [-0.4, -0.2) is 26.9 Å². The van der Waals surface area contributed by atoms with Crippen molar-refractivity contribution in [3.05, 3.63) is 29.3 Å². The summed E-state index contributed by atoms with van der Waals surface area (Å²) in [5.41, 5.74) is 2.58. The van der Waals surface area contributed by atoms with Crippen molar-refractivity contribution in [1.29, 1.82) is 0 Å². The molecule has 0 bridgehead atoms. The van der Waals surface area contributed by atoms with Crippen molar-refractivity contribution in [2.45, 2.75) is 39.2 Å². The first-order valence-electron chi connectivity index (χ1n) is 7.70. The van der Waals surface area contributed by atoms with Crippen LogP contribution in [0.5, 0.6) is 5.75 Å². The van der Waals surface area contributed by atoms with Crippen LogP contribution in [0.4, 0.5) is 0 Å². The number of nitrogens with one attached hydrogen (secondary N) is 1. The molecule has 3 nitrogen and oxygen atoms in total. The highest BCUT2D eigenvalue weighted by Gasteiger charge is 2.20. The van der Waals surface area contributed by atoms with E-state index in [1.165, 1.54) is 30.4 Å². The summed E-state index contributed by atoms with van der Waals surface area (Å²) < 4.78 is 10.8. The normalized spacial score (nSPS) is 17.9. The van der Waals surface area contributed by atoms with Gasteiger partial charge in [0.1, 0.15) is 5.75 Å². The third-order valence-electron chi connectivity index (χ3n) is 4.18. The molecule has 1 fully saturated rings. The molecule has 3 heteroatoms. The molecule has 1 N–H and O–H groups in total. The van der Waals surface area contributed by atoms with Crippen molar-refractivity contribution in [3.63, 3.8) is 0 Å². The topological polar surface area (TPSA) is 30.5 Å². The fraction of sp³-hybridized carbons (Fsp3) is 0.647. The van der Waals surface area contributed by atoms with Crippen molar-refractivity contribution >= 4 is 0 Å². The molecule has 1 saturated heterocycles. The van der Waals surface area contributed by atoms with E-state index < -0.39 is 0 Å². The summed E-state index contributed by atoms with van der Waals surface area (Å²) in [5, 5.41) is 3.63. The minimum absolute atomic E-state index is 0.438. The van der Waals surface area contributed by atoms with Gasteiger partial charge in [0.2, 0.25) is 0 Å². The highest BCUT2D eigenvalue weighted by atomic mass is 16.5. The zero-order valence-electron chi connectivity index (χ0n) is 12.9. The average molecular weight is 277 g/mol. The zero-order chi connectivity index (χ0) is 14.4. The lowest BCUT2D eigenvalue weighted by molar-refractivity contribution is 0.0606. The van der Waals surface area contributed by atoms with Gasteiger partial charge in [-0.15, -0.1) is 0 Å². The lowest BCUT2D eigenvalue weighted by Crippen LogP contribution is -2.26. The molecule has 1 unspecified atom stereocenters. The van der Waals surface area contributed by atoms with Gasteiger partial charge in [0.05, 0.1) is 7.11 Å². The monoisotopic (exact) mass is 277 g/mol. The predicted molar refractivity (Wildman–Crippen MR) is 82.3 cm³/mol. The Labute approximate surface area is 122 Å². The van der Waals surface area contributed by atoms with Crippen LogP contribution in [0.15, 0.2) is 18.2 Å². The van der Waals surface area contributed by atoms with Gasteiger partial charge in [-0.05, 0) is 55.8 Å². The number of ether oxygens (including phenoxy) is 2. The van der Waals surface area contributed by atoms with Crippen LogP contribution in [0.1, 0.15) is 43.4 Å². The molecule has 1 aromatic carbocycles. The summed E-state index contributed by atoms with van der Waals surface area (Å²) in [6.07, 6.45) is 3.58. The molecular formula is C17H27NO2. The van der Waals surface area contributed by atoms with Crippen LogP contribution in [0.2, 0.25) is 0 Å². The van der Waals surface area contributed by atoms with Crippen molar-refractivity contribution < 1.29 is 9.47 Å². The van der Waals surface area contributed by atoms with E-state index in [0.717, 1.165) is 31.4 Å². The molecule has 0 spiro atoms. The minimum atomic E-state index is 0.438. The molecule has 0 aromatic heterocycles. The van der Waals surface area contributed by atoms with Crippen LogP contribution in [0.25, 0.3) is 0 Å². The quantitative estimate of drug-likeness (QED) is 0.863. The summed E-state index contributed by atoms with van der Waals surface area (Å²) in [6.45, 7) is 7.13. The Balaban J connectivity index is 2.08. The number of hydrogen-bond donors (Lipinski definition) is 1. The molecule has 0 aliphatic carbocycles. The van der Waals surface area contributed by atoms with Crippen molar-refractivity contribution in [2.75, 3.05) is 26.9 Å². The molecule has 1 aliphatic heterocycles. The Morgan fingerprint density at radius 1 is 1.35 bits per heavy atom. The Morgan fingerprint density at radius 3 is 2.70 bits per heavy atom. The molecule has 112 valence electrons. The predicted octanol–water partition coefficient (Wildman–Crippen LogP) is 3.47. The van der Waals surface area contributed by atoms with Gasteiger partial charge in [0.15, 0.2) is 0 Å². The Hall–Kier alpha value is -1.06. The summed E-state index contributed by atoms with van der Waals surface area (Å²) in [7, 11) is 1.73. The molecule has 1 atom stereocenters. The third kappa shape index (κ3) is 3.97. The van der Waals surface area contributed by atoms with Gasteiger partial charge in [0, 0.05) is 19.3 Å². The first kappa shape index (κ1) is 15.3. The average Bonchev–Trinajstić information content (AvgIpc) is 2.48. The Bertz CT molecular complexity index is 413. The van der Waals surface area contributed by atoms with Crippen LogP contribution in [0, 0.1) is 12.8 Å². The fourth-order valence-electron chi connectivity index (χ4n) is 3.02. The summed E-state index contributed by atoms with van der Waals surface area (Å²) in [6, 6.07) is 6.97. The molecule has 2 rings (SSSR count). The van der Waals surface area contributed by atoms with E-state index in [2.05, 4.69) is 37.4 Å². The van der Waals surface area contributed by atoms with Crippen LogP contribution in [0.3, 0.4) is 0 Å². The molecular weight excluding hydrogens is 250 g/mol. The maximum absolute atomic E-state index is 5.46. The zero-order valence-corrected chi connectivity index (χ0v) is 12.9. The van der Waals surface area contributed by atoms with E-state index in [1.807, 2.05) is 0 Å². The summed E-state index contributed by atoms with van der Waals surface area (Å²) in [4.78, 5) is 0. The molecule has 1 aromatic rings. The van der Waals surface area contributed by atoms with E-state index in [9.17, 15) is 0 Å². The lowest BCUT2D eigenvalue weighted by atomic mass is 9.89. The second kappa shape index (κ2) is 7.65. The Kier molecular flexibility index (Phi) is 5.86. The second-order valence-corrected chi connectivity index (χ2v) is 5.63. The minimum Gasteiger partial charge on any atom is -0.496 e. The highest BCUT2D eigenvalue weighted by molar-refractivity contribution is 5.37. The van der Waals surface area contributed by atoms with E-state index in [0.29, 0.717) is 6.04 Å². The van der Waals surface area contributed by atoms with Gasteiger partial charge < -0.3 is 14.8 Å². The van der Waals surface area contributed by atoms with Crippen LogP contribution < -0.4 is 10.1 Å². The van der Waals surface area contributed by atoms with Gasteiger partial charge in [-0.1, -0.05) is 19.1 Å². The SMILES string of the molecule is CCNC(CC1CCOCC1)c1ccc(OC)c(C)c1. The largest absolute Gasteiger partial charge is 0.496 e. The van der Waals surface area contributed by atoms with Crippen molar-refractivity contribution in [2.24, 2.45) is 5.92 Å². The number of rotatable bonds is 6. The maximum Gasteiger partial charge on any atom is 0.121 e. The second-order valence-electron chi connectivity index (χ2n) is 5.63. The van der Waals surface area contributed by atoms with Crippen molar-refractivity contribution in [1.82, 2.24) is 5.32 Å². The highest BCUT2D eigenvalue weighted by Crippen LogP contribution is 2.30. The van der Waals surface area contributed by atoms with Crippen LogP contribution >= 0.6 is 0 Å². The number of methoxy groups -OCH3 is 1. The molecule has 0 amide bonds. The van der Waals surface area contributed by atoms with Gasteiger partial charge in [0.25, 0.3) is 0 Å². The van der Waals surface area contributed by atoms with E-state index in [-0.39, 0.29) is 0 Å². The van der Waals surface area contributed by atoms with Gasteiger partial charge in [-0.25, -0.2) is 0 Å². The molecule has 1 heterocycles. The standard InChI is InChI=1S/C17H27NO2/c1-4-18-16(12-14-7-9-20-10-8-14)15-5-6-17(19-3)13(2)11-15/h5-6,11,14,16,18H,4,7-10,12H2,1-3H3. The summed E-state index contributed by atoms with van der Waals surface area (Å²) in [5.74, 6) is 1.74. The smallest absolute Gasteiger partial charge is 0.121 e. The number of hydrogen-bond acceptors (Lipinski definition) is 3. The maximum atomic E-state index is 5.46. The van der Waals surface area contributed by atoms with Gasteiger partial charge in [-0.3, -0.25) is 0 Å². The van der Waals surface area contributed by atoms with Gasteiger partial charge >= 0.3 is 0 Å². The van der Waals surface area contributed by atoms with E-state index in [1.54, 1.807) is 7.11 Å². The molecule has 20 heavy (non-hydrogen) atoms. The fourth-order valence-corrected chi connectivity index (χ4v) is 3.02. The first-order valence-corrected chi connectivity index (χ1v) is 7.70. The third-order valence-corrected chi connectivity index (χ3v) is 4.18. The Morgan fingerprint density at radius 2 is 2.10 bits per heavy atom. The van der Waals surface area contributed by atoms with E-state index in [4.69, 9.17) is 9.47 Å². The molecule has 1 aliphatic rings. The molecule has 0 saturated carbocycles. The lowest BCUT2D eigenvalue weighted by Gasteiger charge is -2.27. The van der Waals surface area contributed by atoms with Gasteiger partial charge in [-0.2, -0.15) is 0 Å². The summed E-state index contributed by atoms with van der Waals surface area (Å²) >= 11 is 0. The van der Waals surface area contributed by atoms with E-state index >= 15 is 0 Å². The molecule has 0 radical (unpaired) electrons. The first-order chi connectivity index (χ1) is 9.74. The number of benzene rings is 1. The van der Waals surface area contributed by atoms with Crippen LogP contribution in [-0.2, 0) is 4.74 Å².